The van der Waals surface area contributed by atoms with Crippen LogP contribution in [-0.2, 0) is 12.4 Å². The zero-order chi connectivity index (χ0) is 17.4. The van der Waals surface area contributed by atoms with Gasteiger partial charge >= 0.3 is 12.4 Å². The van der Waals surface area contributed by atoms with Gasteiger partial charge in [-0.05, 0) is 24.3 Å². The van der Waals surface area contributed by atoms with E-state index in [9.17, 15) is 31.1 Å². The summed E-state index contributed by atoms with van der Waals surface area (Å²) in [4.78, 5) is 15.1. The van der Waals surface area contributed by atoms with E-state index in [0.717, 1.165) is 12.1 Å². The first kappa shape index (κ1) is 17.2. The Morgan fingerprint density at radius 1 is 1.04 bits per heavy atom. The number of nitrogens with two attached hydrogens (primary N) is 1. The van der Waals surface area contributed by atoms with Crippen LogP contribution in [0.25, 0.3) is 0 Å². The monoisotopic (exact) mass is 355 g/mol. The lowest BCUT2D eigenvalue weighted by Gasteiger charge is -2.14. The number of halogens is 6. The van der Waals surface area contributed by atoms with Gasteiger partial charge in [-0.15, -0.1) is 11.3 Å². The number of hydrazine groups is 1. The molecule has 0 fully saturated rings. The molecule has 0 aliphatic heterocycles. The van der Waals surface area contributed by atoms with Crippen LogP contribution in [0.1, 0.15) is 21.6 Å². The van der Waals surface area contributed by atoms with Gasteiger partial charge in [0.2, 0.25) is 5.13 Å². The first-order chi connectivity index (χ1) is 10.5. The Morgan fingerprint density at radius 3 is 2.04 bits per heavy atom. The minimum absolute atomic E-state index is 0.218. The van der Waals surface area contributed by atoms with Crippen LogP contribution >= 0.6 is 11.3 Å². The van der Waals surface area contributed by atoms with Crippen molar-refractivity contribution < 1.29 is 31.1 Å². The van der Waals surface area contributed by atoms with Crippen molar-refractivity contribution in [2.75, 3.05) is 5.01 Å². The molecule has 0 aliphatic carbocycles. The molecule has 1 aromatic heterocycles. The molecule has 1 heterocycles. The summed E-state index contributed by atoms with van der Waals surface area (Å²) in [6.07, 6.45) is -9.26. The highest BCUT2D eigenvalue weighted by atomic mass is 32.1. The molecule has 2 N–H and O–H groups in total. The van der Waals surface area contributed by atoms with Gasteiger partial charge in [0, 0.05) is 10.9 Å². The third-order valence-corrected chi connectivity index (χ3v) is 3.51. The molecule has 4 nitrogen and oxygen atoms in total. The predicted octanol–water partition coefficient (Wildman–Crippen LogP) is 3.70. The van der Waals surface area contributed by atoms with Crippen LogP contribution < -0.4 is 10.9 Å². The van der Waals surface area contributed by atoms with Gasteiger partial charge in [0.15, 0.2) is 5.69 Å². The number of anilines is 1. The van der Waals surface area contributed by atoms with Crippen molar-refractivity contribution in [1.29, 1.82) is 0 Å². The number of nitrogens with zero attached hydrogens (tertiary/aromatic N) is 2. The Balaban J connectivity index is 2.21. The van der Waals surface area contributed by atoms with Gasteiger partial charge in [-0.25, -0.2) is 15.8 Å². The van der Waals surface area contributed by atoms with Crippen molar-refractivity contribution in [3.8, 4) is 0 Å². The van der Waals surface area contributed by atoms with E-state index in [4.69, 9.17) is 5.84 Å². The van der Waals surface area contributed by atoms with Crippen molar-refractivity contribution in [3.63, 3.8) is 0 Å². The molecule has 0 saturated heterocycles. The van der Waals surface area contributed by atoms with Gasteiger partial charge in [-0.1, -0.05) is 0 Å². The molecule has 2 rings (SSSR count). The van der Waals surface area contributed by atoms with Crippen molar-refractivity contribution in [2.24, 2.45) is 5.84 Å². The number of hydrogen-bond donors (Lipinski definition) is 1. The van der Waals surface area contributed by atoms with E-state index in [1.54, 1.807) is 0 Å². The van der Waals surface area contributed by atoms with Crippen molar-refractivity contribution >= 4 is 22.4 Å². The third-order valence-electron chi connectivity index (χ3n) is 2.67. The fourth-order valence-electron chi connectivity index (χ4n) is 1.53. The maximum absolute atomic E-state index is 12.4. The Hall–Kier alpha value is -2.14. The van der Waals surface area contributed by atoms with Gasteiger partial charge in [-0.3, -0.25) is 4.79 Å². The van der Waals surface area contributed by atoms with E-state index < -0.39 is 34.6 Å². The molecular weight excluding hydrogens is 348 g/mol. The lowest BCUT2D eigenvalue weighted by Crippen LogP contribution is -2.37. The fourth-order valence-corrected chi connectivity index (χ4v) is 2.28. The smallest absolute Gasteiger partial charge is 0.267 e. The largest absolute Gasteiger partial charge is 0.434 e. The molecule has 124 valence electrons. The van der Waals surface area contributed by atoms with E-state index in [-0.39, 0.29) is 5.56 Å². The van der Waals surface area contributed by atoms with Gasteiger partial charge in [0.1, 0.15) is 0 Å². The number of rotatable bonds is 2. The summed E-state index contributed by atoms with van der Waals surface area (Å²) in [7, 11) is 0. The molecule has 0 aliphatic rings. The Bertz CT molecular complexity index is 707. The first-order valence-electron chi connectivity index (χ1n) is 5.79. The minimum Gasteiger partial charge on any atom is -0.267 e. The molecule has 0 spiro atoms. The highest BCUT2D eigenvalue weighted by Crippen LogP contribution is 2.33. The summed E-state index contributed by atoms with van der Waals surface area (Å²) in [5.41, 5.74) is -2.40. The number of hydrogen-bond acceptors (Lipinski definition) is 4. The number of alkyl halides is 6. The second-order valence-electron chi connectivity index (χ2n) is 4.26. The van der Waals surface area contributed by atoms with Crippen LogP contribution in [0, 0.1) is 0 Å². The first-order valence-corrected chi connectivity index (χ1v) is 6.67. The highest BCUT2D eigenvalue weighted by Gasteiger charge is 2.35. The lowest BCUT2D eigenvalue weighted by atomic mass is 10.1. The summed E-state index contributed by atoms with van der Waals surface area (Å²) < 4.78 is 74.6. The maximum Gasteiger partial charge on any atom is 0.434 e. The number of amides is 1. The molecule has 2 aromatic rings. The van der Waals surface area contributed by atoms with E-state index in [0.29, 0.717) is 33.9 Å². The third kappa shape index (κ3) is 3.79. The van der Waals surface area contributed by atoms with Gasteiger partial charge in [0.25, 0.3) is 5.91 Å². The van der Waals surface area contributed by atoms with Crippen molar-refractivity contribution in [2.45, 2.75) is 12.4 Å². The average Bonchev–Trinajstić information content (AvgIpc) is 2.95. The van der Waals surface area contributed by atoms with Crippen molar-refractivity contribution in [1.82, 2.24) is 4.98 Å². The van der Waals surface area contributed by atoms with Crippen LogP contribution in [0.2, 0.25) is 0 Å². The standard InChI is InChI=1S/C12H7F6N3OS/c13-11(14,15)7-3-1-6(2-4-7)9(22)21(19)10-20-8(5-23-10)12(16,17)18/h1-5H,19H2. The van der Waals surface area contributed by atoms with Crippen molar-refractivity contribution in [3.05, 3.63) is 46.5 Å². The molecular formula is C12H7F6N3OS. The van der Waals surface area contributed by atoms with Crippen LogP contribution in [0.5, 0.6) is 0 Å². The van der Waals surface area contributed by atoms with E-state index in [1.807, 2.05) is 0 Å². The summed E-state index contributed by atoms with van der Waals surface area (Å²) in [6, 6.07) is 3.10. The number of carbonyl (C=O) groups is 1. The summed E-state index contributed by atoms with van der Waals surface area (Å²) >= 11 is 0.484. The normalized spacial score (nSPS) is 12.3. The summed E-state index contributed by atoms with van der Waals surface area (Å²) in [5, 5.41) is 0.597. The zero-order valence-electron chi connectivity index (χ0n) is 10.9. The molecule has 0 radical (unpaired) electrons. The van der Waals surface area contributed by atoms with Crippen LogP contribution in [-0.4, -0.2) is 10.9 Å². The quantitative estimate of drug-likeness (QED) is 0.387. The second kappa shape index (κ2) is 5.81. The summed E-state index contributed by atoms with van der Waals surface area (Å²) in [6.45, 7) is 0. The molecule has 23 heavy (non-hydrogen) atoms. The van der Waals surface area contributed by atoms with Gasteiger partial charge in [-0.2, -0.15) is 26.3 Å². The van der Waals surface area contributed by atoms with Gasteiger partial charge < -0.3 is 0 Å². The van der Waals surface area contributed by atoms with Crippen LogP contribution in [0.4, 0.5) is 31.5 Å². The van der Waals surface area contributed by atoms with E-state index >= 15 is 0 Å². The molecule has 0 unspecified atom stereocenters. The molecule has 1 aromatic carbocycles. The highest BCUT2D eigenvalue weighted by molar-refractivity contribution is 7.14. The van der Waals surface area contributed by atoms with Crippen LogP contribution in [0.3, 0.4) is 0 Å². The number of carbonyl (C=O) groups excluding carboxylic acids is 1. The Morgan fingerprint density at radius 2 is 1.61 bits per heavy atom. The predicted molar refractivity (Wildman–Crippen MR) is 69.6 cm³/mol. The maximum atomic E-state index is 12.4. The molecule has 0 atom stereocenters. The minimum atomic E-state index is -4.69. The number of thiazole rings is 1. The van der Waals surface area contributed by atoms with E-state index in [1.165, 1.54) is 0 Å². The Kier molecular flexibility index (Phi) is 4.35. The molecule has 1 amide bonds. The summed E-state index contributed by atoms with van der Waals surface area (Å²) in [5.74, 6) is 4.41. The second-order valence-corrected chi connectivity index (χ2v) is 5.10. The number of benzene rings is 1. The zero-order valence-corrected chi connectivity index (χ0v) is 11.8. The lowest BCUT2D eigenvalue weighted by molar-refractivity contribution is -0.140. The fraction of sp³-hybridized carbons (Fsp3) is 0.167. The Labute approximate surface area is 129 Å². The molecule has 0 bridgehead atoms. The average molecular weight is 355 g/mol. The van der Waals surface area contributed by atoms with Gasteiger partial charge in [0.05, 0.1) is 5.56 Å². The molecule has 11 heteroatoms. The molecule has 0 saturated carbocycles. The SMILES string of the molecule is NN(C(=O)c1ccc(C(F)(F)F)cc1)c1nc(C(F)(F)F)cs1. The van der Waals surface area contributed by atoms with E-state index in [2.05, 4.69) is 4.98 Å². The topological polar surface area (TPSA) is 59.2 Å². The number of aromatic nitrogens is 1. The van der Waals surface area contributed by atoms with Crippen LogP contribution in [0.15, 0.2) is 29.6 Å².